The molecule has 2 nitrogen and oxygen atoms in total. The van der Waals surface area contributed by atoms with E-state index in [1.54, 1.807) is 0 Å². The molecule has 0 aliphatic carbocycles. The summed E-state index contributed by atoms with van der Waals surface area (Å²) >= 11 is 0. The number of nitrogens with one attached hydrogen (secondary N) is 2. The van der Waals surface area contributed by atoms with Gasteiger partial charge in [0, 0.05) is 26.3 Å². The maximum absolute atomic E-state index is 3.92. The van der Waals surface area contributed by atoms with Gasteiger partial charge in [-0.05, 0) is 34.0 Å². The van der Waals surface area contributed by atoms with Gasteiger partial charge >= 0.3 is 0 Å². The van der Waals surface area contributed by atoms with Crippen LogP contribution in [0.25, 0.3) is 0 Å². The van der Waals surface area contributed by atoms with E-state index in [1.165, 1.54) is 0 Å². The molecule has 0 radical (unpaired) electrons. The van der Waals surface area contributed by atoms with E-state index in [-0.39, 0.29) is 49.4 Å². The van der Waals surface area contributed by atoms with Crippen LogP contribution in [0.15, 0.2) is 85.2 Å². The summed E-state index contributed by atoms with van der Waals surface area (Å²) in [7, 11) is 27.6. The van der Waals surface area contributed by atoms with Gasteiger partial charge in [-0.15, -0.1) is 71.4 Å². The summed E-state index contributed by atoms with van der Waals surface area (Å²) in [6.07, 6.45) is 30.5. The van der Waals surface area contributed by atoms with Crippen LogP contribution in [0.4, 0.5) is 0 Å². The normalized spacial score (nSPS) is 17.2. The largest absolute Gasteiger partial charge is 0.362 e. The number of hydrogen-bond donors (Lipinski definition) is 2. The monoisotopic (exact) mass is 753 g/mol. The molecule has 0 aliphatic rings. The Morgan fingerprint density at radius 2 is 0.971 bits per heavy atom. The van der Waals surface area contributed by atoms with Gasteiger partial charge in [0.15, 0.2) is 6.21 Å². The first-order valence-electron chi connectivity index (χ1n) is 9.49. The van der Waals surface area contributed by atoms with Crippen LogP contribution < -0.4 is 10.1 Å². The van der Waals surface area contributed by atoms with Crippen LogP contribution in [-0.4, -0.2) is 13.3 Å². The second-order valence-electron chi connectivity index (χ2n) is 5.69. The molecule has 0 aromatic carbocycles. The van der Waals surface area contributed by atoms with Crippen LogP contribution in [0.5, 0.6) is 0 Å². The highest BCUT2D eigenvalue weighted by atomic mass is 33.3. The van der Waals surface area contributed by atoms with Crippen molar-refractivity contribution in [2.75, 3.05) is 7.05 Å². The van der Waals surface area contributed by atoms with Crippen LogP contribution in [0.2, 0.25) is 0 Å². The molecule has 0 rings (SSSR count). The average Bonchev–Trinajstić information content (AvgIpc) is 2.77. The van der Waals surface area contributed by atoms with Gasteiger partial charge in [0.25, 0.3) is 0 Å². The minimum atomic E-state index is -0.223. The minimum Gasteiger partial charge on any atom is -0.362 e. The summed E-state index contributed by atoms with van der Waals surface area (Å²) in [5.41, 5.74) is 0. The van der Waals surface area contributed by atoms with E-state index in [0.717, 1.165) is 7.96 Å². The van der Waals surface area contributed by atoms with Gasteiger partial charge in [0.05, 0.1) is 7.45 Å². The Bertz CT molecular complexity index is 750. The molecule has 0 aliphatic heterocycles. The van der Waals surface area contributed by atoms with E-state index in [4.69, 9.17) is 0 Å². The van der Waals surface area contributed by atoms with Crippen molar-refractivity contribution in [2.45, 2.75) is 0 Å². The molecule has 0 bridgehead atoms. The minimum absolute atomic E-state index is 0.00893. The third kappa shape index (κ3) is 19.6. The highest BCUT2D eigenvalue weighted by Gasteiger charge is 2.38. The highest BCUT2D eigenvalue weighted by molar-refractivity contribution is 9.25. The van der Waals surface area contributed by atoms with Crippen molar-refractivity contribution in [1.29, 1.82) is 0 Å². The first-order valence-corrected chi connectivity index (χ1v) is 38.1. The van der Waals surface area contributed by atoms with E-state index in [2.05, 4.69) is 112 Å². The summed E-state index contributed by atoms with van der Waals surface area (Å²) in [6, 6.07) is 0. The van der Waals surface area contributed by atoms with Crippen molar-refractivity contribution < 1.29 is 4.99 Å². The molecule has 0 aromatic heterocycles. The van der Waals surface area contributed by atoms with Gasteiger partial charge in [-0.1, -0.05) is 74.8 Å². The highest BCUT2D eigenvalue weighted by Crippen LogP contribution is 3.21. The predicted octanol–water partition coefficient (Wildman–Crippen LogP) is 10.9. The zero-order valence-corrected chi connectivity index (χ0v) is 35.4. The van der Waals surface area contributed by atoms with Gasteiger partial charge in [-0.3, -0.25) is 4.99 Å². The summed E-state index contributed by atoms with van der Waals surface area (Å²) in [5.74, 6) is 0. The molecule has 0 aromatic rings. The lowest BCUT2D eigenvalue weighted by Gasteiger charge is -2.41. The lowest BCUT2D eigenvalue weighted by molar-refractivity contribution is -0.413. The Balaban J connectivity index is 4.96. The molecule has 0 saturated heterocycles. The van der Waals surface area contributed by atoms with Gasteiger partial charge in [-0.2, -0.15) is 0 Å². The summed E-state index contributed by atoms with van der Waals surface area (Å²) in [4.78, 5) is 2.95. The Morgan fingerprint density at radius 1 is 0.588 bits per heavy atom. The Labute approximate surface area is 235 Å². The smallest absolute Gasteiger partial charge is 0.161 e. The first-order chi connectivity index (χ1) is 16.3. The van der Waals surface area contributed by atoms with Crippen LogP contribution in [0.1, 0.15) is 0 Å². The van der Waals surface area contributed by atoms with E-state index in [0.29, 0.717) is 0 Å². The fraction of sp³-hybridized carbons (Fsp3) is 0.0625. The summed E-state index contributed by atoms with van der Waals surface area (Å²) in [6.45, 7) is -0.415. The average molecular weight is 753 g/mol. The lowest BCUT2D eigenvalue weighted by atomic mass is 10.3. The quantitative estimate of drug-likeness (QED) is 0.0917. The molecule has 0 saturated carbocycles. The molecule has 0 spiro atoms. The van der Waals surface area contributed by atoms with Crippen molar-refractivity contribution in [3.8, 4) is 0 Å². The molecule has 12 atom stereocenters. The second-order valence-corrected chi connectivity index (χ2v) is 65.8. The zero-order valence-electron chi connectivity index (χ0n) is 18.9. The number of hydrogen-bond acceptors (Lipinski definition) is 1. The zero-order chi connectivity index (χ0) is 25.8. The molecule has 190 valence electrons. The first kappa shape index (κ1) is 38.5. The molecule has 0 fully saturated rings. The molecular formula is C16H37N2P16+. The standard InChI is InChI=1S/C16H36N2P16/c1-17-15-13-11-9-7-5-3-2-4-6-8-10-12-14-16-18-28(33(29(20)21)30(22)23)34(31(24)25)32(26)27-19/h2-16,18,27H,19-26H2,1H3/p+1. The van der Waals surface area contributed by atoms with E-state index in [1.807, 2.05) is 67.9 Å². The van der Waals surface area contributed by atoms with E-state index in [9.17, 15) is 0 Å². The maximum Gasteiger partial charge on any atom is 0.161 e. The molecule has 0 heterocycles. The molecule has 2 N–H and O–H groups in total. The fourth-order valence-corrected chi connectivity index (χ4v) is 151. The van der Waals surface area contributed by atoms with Crippen molar-refractivity contribution in [3.63, 3.8) is 0 Å². The second kappa shape index (κ2) is 26.4. The summed E-state index contributed by atoms with van der Waals surface area (Å²) in [5, 5.41) is 3.92. The van der Waals surface area contributed by atoms with Crippen molar-refractivity contribution >= 4 is 135 Å². The van der Waals surface area contributed by atoms with Crippen LogP contribution in [-0.2, 0) is 0 Å². The number of allylic oxidation sites excluding steroid dienone is 13. The summed E-state index contributed by atoms with van der Waals surface area (Å²) < 4.78 is 0. The molecule has 0 amide bonds. The number of rotatable bonds is 16. The Kier molecular flexibility index (Phi) is 30.0. The van der Waals surface area contributed by atoms with Crippen LogP contribution in [0.3, 0.4) is 0 Å². The van der Waals surface area contributed by atoms with Crippen molar-refractivity contribution in [1.82, 2.24) is 5.09 Å². The molecule has 12 unspecified atom stereocenters. The SMILES string of the molecule is C[NH+]=CC=CC=CC=CC=CC=CC=CC=CNP(P(P(P)P)P(P)P)P(P(P)P)P(P)PP. The van der Waals surface area contributed by atoms with E-state index >= 15 is 0 Å². The Morgan fingerprint density at radius 3 is 1.32 bits per heavy atom. The third-order valence-electron chi connectivity index (χ3n) is 3.17. The topological polar surface area (TPSA) is 26.0 Å². The van der Waals surface area contributed by atoms with Gasteiger partial charge in [0.2, 0.25) is 0 Å². The fourth-order valence-electron chi connectivity index (χ4n) is 1.86. The molecular weight excluding hydrogens is 716 g/mol. The lowest BCUT2D eigenvalue weighted by Crippen LogP contribution is -2.62. The predicted molar refractivity (Wildman–Crippen MR) is 215 cm³/mol. The van der Waals surface area contributed by atoms with Crippen molar-refractivity contribution in [3.05, 3.63) is 85.2 Å². The van der Waals surface area contributed by atoms with Crippen molar-refractivity contribution in [2.24, 2.45) is 0 Å². The third-order valence-corrected chi connectivity index (χ3v) is 97.3. The van der Waals surface area contributed by atoms with Crippen LogP contribution in [0, 0.1) is 0 Å². The van der Waals surface area contributed by atoms with Gasteiger partial charge < -0.3 is 5.09 Å². The van der Waals surface area contributed by atoms with Gasteiger partial charge in [-0.25, -0.2) is 0 Å². The maximum atomic E-state index is 3.92. The van der Waals surface area contributed by atoms with Crippen LogP contribution >= 0.6 is 129 Å². The Hall–Kier alpha value is 4.53. The van der Waals surface area contributed by atoms with E-state index < -0.39 is 0 Å². The van der Waals surface area contributed by atoms with Gasteiger partial charge in [0.1, 0.15) is 7.05 Å². The molecule has 18 heteroatoms. The molecule has 34 heavy (non-hydrogen) atoms.